The number of benzene rings is 3. The van der Waals surface area contributed by atoms with Crippen LogP contribution in [0.2, 0.25) is 0 Å². The third-order valence-corrected chi connectivity index (χ3v) is 5.10. The molecule has 0 spiro atoms. The Morgan fingerprint density at radius 2 is 1.56 bits per heavy atom. The number of hydrogen-bond acceptors (Lipinski definition) is 1. The predicted molar refractivity (Wildman–Crippen MR) is 116 cm³/mol. The summed E-state index contributed by atoms with van der Waals surface area (Å²) < 4.78 is 0. The van der Waals surface area contributed by atoms with Crippen LogP contribution in [0, 0.1) is 0 Å². The summed E-state index contributed by atoms with van der Waals surface area (Å²) in [6, 6.07) is 27.6. The standard InChI is InChI=1S/C26H28O/c1-3-10-23-19-24(16-18-26(23)22-13-8-5-9-14-22)25(20(2)27)17-15-21-11-6-4-7-12-21/h3-14,16,18-20,25,27H,15,17H2,1-2H3/b10-3+. The molecule has 0 aliphatic heterocycles. The first-order valence-corrected chi connectivity index (χ1v) is 9.73. The number of rotatable bonds is 7. The molecule has 0 saturated heterocycles. The van der Waals surface area contributed by atoms with Crippen LogP contribution >= 0.6 is 0 Å². The zero-order valence-corrected chi connectivity index (χ0v) is 16.2. The minimum Gasteiger partial charge on any atom is -0.393 e. The minimum absolute atomic E-state index is 0.124. The number of aryl methyl sites for hydroxylation is 1. The first kappa shape index (κ1) is 19.1. The summed E-state index contributed by atoms with van der Waals surface area (Å²) in [6.07, 6.45) is 5.75. The van der Waals surface area contributed by atoms with E-state index in [4.69, 9.17) is 0 Å². The van der Waals surface area contributed by atoms with E-state index >= 15 is 0 Å². The van der Waals surface area contributed by atoms with Crippen molar-refractivity contribution in [1.29, 1.82) is 0 Å². The van der Waals surface area contributed by atoms with E-state index < -0.39 is 0 Å². The highest BCUT2D eigenvalue weighted by Crippen LogP contribution is 2.32. The van der Waals surface area contributed by atoms with Gasteiger partial charge in [0.25, 0.3) is 0 Å². The average molecular weight is 357 g/mol. The molecular formula is C26H28O. The van der Waals surface area contributed by atoms with Crippen molar-refractivity contribution >= 4 is 6.08 Å². The first-order valence-electron chi connectivity index (χ1n) is 9.73. The van der Waals surface area contributed by atoms with Gasteiger partial charge < -0.3 is 5.11 Å². The fourth-order valence-electron chi connectivity index (χ4n) is 3.66. The molecule has 3 aromatic rings. The number of aliphatic hydroxyl groups excluding tert-OH is 1. The largest absolute Gasteiger partial charge is 0.393 e. The number of hydrogen-bond donors (Lipinski definition) is 1. The lowest BCUT2D eigenvalue weighted by Gasteiger charge is -2.22. The van der Waals surface area contributed by atoms with Crippen LogP contribution in [0.5, 0.6) is 0 Å². The first-order chi connectivity index (χ1) is 13.2. The van der Waals surface area contributed by atoms with E-state index in [1.807, 2.05) is 26.0 Å². The monoisotopic (exact) mass is 356 g/mol. The second-order valence-corrected chi connectivity index (χ2v) is 7.08. The summed E-state index contributed by atoms with van der Waals surface area (Å²) in [5, 5.41) is 10.4. The van der Waals surface area contributed by atoms with Crippen molar-refractivity contribution in [3.8, 4) is 11.1 Å². The average Bonchev–Trinajstić information content (AvgIpc) is 2.70. The highest BCUT2D eigenvalue weighted by atomic mass is 16.3. The van der Waals surface area contributed by atoms with E-state index in [0.29, 0.717) is 0 Å². The molecule has 3 rings (SSSR count). The lowest BCUT2D eigenvalue weighted by atomic mass is 9.86. The lowest BCUT2D eigenvalue weighted by Crippen LogP contribution is -2.16. The second kappa shape index (κ2) is 9.34. The van der Waals surface area contributed by atoms with Crippen molar-refractivity contribution in [1.82, 2.24) is 0 Å². The van der Waals surface area contributed by atoms with Gasteiger partial charge in [0, 0.05) is 5.92 Å². The second-order valence-electron chi connectivity index (χ2n) is 7.08. The molecule has 1 heteroatoms. The molecule has 0 aliphatic rings. The maximum Gasteiger partial charge on any atom is 0.0580 e. The molecule has 0 radical (unpaired) electrons. The topological polar surface area (TPSA) is 20.2 Å². The Bertz CT molecular complexity index is 863. The van der Waals surface area contributed by atoms with E-state index in [0.717, 1.165) is 12.8 Å². The van der Waals surface area contributed by atoms with Crippen LogP contribution in [0.4, 0.5) is 0 Å². The van der Waals surface area contributed by atoms with E-state index in [1.54, 1.807) is 0 Å². The van der Waals surface area contributed by atoms with Gasteiger partial charge in [-0.3, -0.25) is 0 Å². The molecule has 0 amide bonds. The van der Waals surface area contributed by atoms with Gasteiger partial charge in [-0.15, -0.1) is 0 Å². The Labute approximate surface area is 163 Å². The van der Waals surface area contributed by atoms with Crippen LogP contribution in [0.3, 0.4) is 0 Å². The van der Waals surface area contributed by atoms with E-state index in [2.05, 4.69) is 78.9 Å². The summed E-state index contributed by atoms with van der Waals surface area (Å²) in [4.78, 5) is 0. The summed E-state index contributed by atoms with van der Waals surface area (Å²) in [5.74, 6) is 0.124. The molecule has 1 N–H and O–H groups in total. The fourth-order valence-corrected chi connectivity index (χ4v) is 3.66. The van der Waals surface area contributed by atoms with Crippen LogP contribution in [-0.4, -0.2) is 11.2 Å². The van der Waals surface area contributed by atoms with E-state index in [1.165, 1.54) is 27.8 Å². The van der Waals surface area contributed by atoms with Gasteiger partial charge in [-0.25, -0.2) is 0 Å². The van der Waals surface area contributed by atoms with Gasteiger partial charge >= 0.3 is 0 Å². The maximum atomic E-state index is 10.4. The fraction of sp³-hybridized carbons (Fsp3) is 0.231. The maximum absolute atomic E-state index is 10.4. The highest BCUT2D eigenvalue weighted by molar-refractivity contribution is 5.75. The Morgan fingerprint density at radius 3 is 2.19 bits per heavy atom. The predicted octanol–water partition coefficient (Wildman–Crippen LogP) is 6.48. The van der Waals surface area contributed by atoms with Crippen molar-refractivity contribution in [2.75, 3.05) is 0 Å². The van der Waals surface area contributed by atoms with Crippen molar-refractivity contribution in [2.24, 2.45) is 0 Å². The highest BCUT2D eigenvalue weighted by Gasteiger charge is 2.18. The Morgan fingerprint density at radius 1 is 0.889 bits per heavy atom. The molecule has 0 fully saturated rings. The zero-order valence-electron chi connectivity index (χ0n) is 16.2. The molecule has 2 unspecified atom stereocenters. The Hall–Kier alpha value is -2.64. The molecule has 27 heavy (non-hydrogen) atoms. The molecule has 138 valence electrons. The third-order valence-electron chi connectivity index (χ3n) is 5.10. The normalized spacial score (nSPS) is 13.6. The molecule has 0 aliphatic carbocycles. The summed E-state index contributed by atoms with van der Waals surface area (Å²) in [7, 11) is 0. The summed E-state index contributed by atoms with van der Waals surface area (Å²) in [6.45, 7) is 3.94. The van der Waals surface area contributed by atoms with Crippen LogP contribution in [0.15, 0.2) is 84.9 Å². The lowest BCUT2D eigenvalue weighted by molar-refractivity contribution is 0.157. The number of aliphatic hydroxyl groups is 1. The van der Waals surface area contributed by atoms with Crippen LogP contribution < -0.4 is 0 Å². The van der Waals surface area contributed by atoms with Gasteiger partial charge in [-0.2, -0.15) is 0 Å². The molecule has 0 aromatic heterocycles. The smallest absolute Gasteiger partial charge is 0.0580 e. The van der Waals surface area contributed by atoms with Gasteiger partial charge in [0.05, 0.1) is 6.10 Å². The van der Waals surface area contributed by atoms with Gasteiger partial charge in [0.15, 0.2) is 0 Å². The SMILES string of the molecule is C/C=C/c1cc(C(CCc2ccccc2)C(C)O)ccc1-c1ccccc1. The van der Waals surface area contributed by atoms with Crippen LogP contribution in [0.1, 0.15) is 42.9 Å². The van der Waals surface area contributed by atoms with E-state index in [9.17, 15) is 5.11 Å². The zero-order chi connectivity index (χ0) is 19.1. The van der Waals surface area contributed by atoms with Crippen LogP contribution in [-0.2, 0) is 6.42 Å². The molecule has 3 aromatic carbocycles. The Kier molecular flexibility index (Phi) is 6.62. The molecular weight excluding hydrogens is 328 g/mol. The molecule has 0 heterocycles. The van der Waals surface area contributed by atoms with Crippen molar-refractivity contribution in [3.63, 3.8) is 0 Å². The van der Waals surface area contributed by atoms with Gasteiger partial charge in [-0.05, 0) is 54.5 Å². The molecule has 1 nitrogen and oxygen atoms in total. The summed E-state index contributed by atoms with van der Waals surface area (Å²) >= 11 is 0. The molecule has 0 bridgehead atoms. The van der Waals surface area contributed by atoms with Crippen LogP contribution in [0.25, 0.3) is 17.2 Å². The minimum atomic E-state index is -0.380. The molecule has 2 atom stereocenters. The van der Waals surface area contributed by atoms with Crippen molar-refractivity contribution in [3.05, 3.63) is 102 Å². The van der Waals surface area contributed by atoms with Crippen molar-refractivity contribution in [2.45, 2.75) is 38.7 Å². The van der Waals surface area contributed by atoms with Crippen molar-refractivity contribution < 1.29 is 5.11 Å². The Balaban J connectivity index is 1.90. The third kappa shape index (κ3) is 4.96. The van der Waals surface area contributed by atoms with E-state index in [-0.39, 0.29) is 12.0 Å². The summed E-state index contributed by atoms with van der Waals surface area (Å²) in [5.41, 5.74) is 6.16. The number of allylic oxidation sites excluding steroid dienone is 1. The van der Waals surface area contributed by atoms with Gasteiger partial charge in [-0.1, -0.05) is 91.0 Å². The van der Waals surface area contributed by atoms with Gasteiger partial charge in [0.2, 0.25) is 0 Å². The quantitative estimate of drug-likeness (QED) is 0.513. The molecule has 0 saturated carbocycles. The van der Waals surface area contributed by atoms with Gasteiger partial charge in [0.1, 0.15) is 0 Å².